The highest BCUT2D eigenvalue weighted by Gasteiger charge is 2.40. The van der Waals surface area contributed by atoms with E-state index in [0.717, 1.165) is 0 Å². The van der Waals surface area contributed by atoms with Gasteiger partial charge in [-0.05, 0) is 0 Å². The highest BCUT2D eigenvalue weighted by atomic mass is 19.4. The minimum Gasteiger partial charge on any atom is -0.375 e. The first kappa shape index (κ1) is 11.3. The van der Waals surface area contributed by atoms with Gasteiger partial charge in [0.1, 0.15) is 6.04 Å². The zero-order valence-corrected chi connectivity index (χ0v) is 7.05. The van der Waals surface area contributed by atoms with Gasteiger partial charge in [0.25, 0.3) is 0 Å². The summed E-state index contributed by atoms with van der Waals surface area (Å²) in [6.07, 6.45) is -6.07. The van der Waals surface area contributed by atoms with Gasteiger partial charge in [-0.1, -0.05) is 0 Å². The first-order valence-electron chi connectivity index (χ1n) is 3.68. The Labute approximate surface area is 80.8 Å². The summed E-state index contributed by atoms with van der Waals surface area (Å²) in [5.74, 6) is -3.21. The number of amides is 2. The van der Waals surface area contributed by atoms with Crippen molar-refractivity contribution in [3.05, 3.63) is 0 Å². The average Bonchev–Trinajstić information content (AvgIpc) is 2.39. The van der Waals surface area contributed by atoms with Crippen LogP contribution in [0.5, 0.6) is 0 Å². The summed E-state index contributed by atoms with van der Waals surface area (Å²) in [7, 11) is 0. The van der Waals surface area contributed by atoms with Crippen LogP contribution in [0.4, 0.5) is 18.0 Å². The predicted molar refractivity (Wildman–Crippen MR) is 37.5 cm³/mol. The van der Waals surface area contributed by atoms with Gasteiger partial charge >= 0.3 is 24.1 Å². The third-order valence-electron chi connectivity index (χ3n) is 1.49. The van der Waals surface area contributed by atoms with Crippen LogP contribution in [0.25, 0.3) is 0 Å². The maximum Gasteiger partial charge on any atom is 0.471 e. The van der Waals surface area contributed by atoms with Crippen molar-refractivity contribution in [3.63, 3.8) is 0 Å². The molecular weight excluding hydrogens is 221 g/mol. The highest BCUT2D eigenvalue weighted by Crippen LogP contribution is 2.14. The van der Waals surface area contributed by atoms with Crippen molar-refractivity contribution in [1.29, 1.82) is 0 Å². The Balaban J connectivity index is 2.42. The van der Waals surface area contributed by atoms with Crippen molar-refractivity contribution >= 4 is 18.0 Å². The number of esters is 1. The van der Waals surface area contributed by atoms with Crippen LogP contribution in [-0.4, -0.2) is 36.7 Å². The van der Waals surface area contributed by atoms with Gasteiger partial charge in [0.05, 0.1) is 0 Å². The van der Waals surface area contributed by atoms with E-state index in [4.69, 9.17) is 0 Å². The van der Waals surface area contributed by atoms with Crippen LogP contribution in [-0.2, 0) is 14.3 Å². The predicted octanol–water partition coefficient (Wildman–Crippen LogP) is -0.700. The lowest BCUT2D eigenvalue weighted by atomic mass is 10.3. The second-order valence-electron chi connectivity index (χ2n) is 2.61. The number of hydrogen-bond donors (Lipinski definition) is 2. The van der Waals surface area contributed by atoms with Crippen molar-refractivity contribution in [2.45, 2.75) is 12.2 Å². The van der Waals surface area contributed by atoms with Crippen molar-refractivity contribution in [2.24, 2.45) is 0 Å². The number of ether oxygens (including phenoxy) is 1. The van der Waals surface area contributed by atoms with Gasteiger partial charge in [-0.25, -0.2) is 9.59 Å². The monoisotopic (exact) mass is 226 g/mol. The number of carbonyl (C=O) groups excluding carboxylic acids is 3. The molecule has 0 unspecified atom stereocenters. The molecular formula is C6H5F3N2O4. The molecule has 0 bridgehead atoms. The Bertz CT molecular complexity index is 314. The summed E-state index contributed by atoms with van der Waals surface area (Å²) in [5, 5.41) is 3.35. The molecule has 2 N–H and O–H groups in total. The fourth-order valence-electron chi connectivity index (χ4n) is 0.822. The van der Waals surface area contributed by atoms with E-state index in [1.54, 1.807) is 0 Å². The van der Waals surface area contributed by atoms with E-state index < -0.39 is 36.7 Å². The number of alkyl carbamates (subject to hydrolysis) is 1. The van der Waals surface area contributed by atoms with E-state index in [-0.39, 0.29) is 0 Å². The van der Waals surface area contributed by atoms with Gasteiger partial charge in [0.15, 0.2) is 0 Å². The largest absolute Gasteiger partial charge is 0.471 e. The quantitative estimate of drug-likeness (QED) is 0.481. The standard InChI is InChI=1S/C6H5F3N2O4/c7-6(8,9)4(13)10-1-2-3(12)15-5(14)11-2/h2H,1H2,(H,10,13)(H,11,14)/t2-/m1/s1. The molecule has 0 saturated carbocycles. The summed E-state index contributed by atoms with van der Waals surface area (Å²) in [6, 6.07) is -1.27. The lowest BCUT2D eigenvalue weighted by Crippen LogP contribution is -2.45. The number of cyclic esters (lactones) is 2. The molecule has 84 valence electrons. The van der Waals surface area contributed by atoms with E-state index in [1.165, 1.54) is 5.32 Å². The number of alkyl halides is 3. The van der Waals surface area contributed by atoms with Gasteiger partial charge < -0.3 is 15.4 Å². The van der Waals surface area contributed by atoms with Crippen molar-refractivity contribution in [1.82, 2.24) is 10.6 Å². The summed E-state index contributed by atoms with van der Waals surface area (Å²) >= 11 is 0. The SMILES string of the molecule is O=C1N[C@H](CNC(=O)C(F)(F)F)C(=O)O1. The molecule has 1 atom stereocenters. The number of rotatable bonds is 2. The minimum absolute atomic E-state index is 0.664. The topological polar surface area (TPSA) is 84.5 Å². The second-order valence-corrected chi connectivity index (χ2v) is 2.61. The summed E-state index contributed by atoms with van der Waals surface area (Å²) < 4.78 is 39.0. The lowest BCUT2D eigenvalue weighted by molar-refractivity contribution is -0.173. The second kappa shape index (κ2) is 3.75. The third kappa shape index (κ3) is 2.82. The average molecular weight is 226 g/mol. The summed E-state index contributed by atoms with van der Waals surface area (Å²) in [5.41, 5.74) is 0. The van der Waals surface area contributed by atoms with Crippen molar-refractivity contribution in [2.75, 3.05) is 6.54 Å². The van der Waals surface area contributed by atoms with Gasteiger partial charge in [0.2, 0.25) is 0 Å². The smallest absolute Gasteiger partial charge is 0.375 e. The van der Waals surface area contributed by atoms with Crippen LogP contribution < -0.4 is 10.6 Å². The van der Waals surface area contributed by atoms with Gasteiger partial charge in [-0.3, -0.25) is 4.79 Å². The Morgan fingerprint density at radius 1 is 1.47 bits per heavy atom. The van der Waals surface area contributed by atoms with Crippen LogP contribution in [0.15, 0.2) is 0 Å². The van der Waals surface area contributed by atoms with E-state index in [1.807, 2.05) is 5.32 Å². The first-order chi connectivity index (χ1) is 6.80. The van der Waals surface area contributed by atoms with Gasteiger partial charge in [0, 0.05) is 6.54 Å². The molecule has 1 fully saturated rings. The minimum atomic E-state index is -5.02. The van der Waals surface area contributed by atoms with Crippen molar-refractivity contribution < 1.29 is 32.3 Å². The molecule has 0 aromatic heterocycles. The van der Waals surface area contributed by atoms with E-state index in [2.05, 4.69) is 4.74 Å². The molecule has 0 aromatic rings. The lowest BCUT2D eigenvalue weighted by Gasteiger charge is -2.09. The molecule has 6 nitrogen and oxygen atoms in total. The number of halogens is 3. The fourth-order valence-corrected chi connectivity index (χ4v) is 0.822. The van der Waals surface area contributed by atoms with Gasteiger partial charge in [-0.2, -0.15) is 13.2 Å². The van der Waals surface area contributed by atoms with Crippen LogP contribution in [0, 0.1) is 0 Å². The highest BCUT2D eigenvalue weighted by molar-refractivity contribution is 5.96. The number of nitrogens with one attached hydrogen (secondary N) is 2. The molecule has 1 aliphatic heterocycles. The Morgan fingerprint density at radius 2 is 2.07 bits per heavy atom. The molecule has 0 aliphatic carbocycles. The molecule has 1 rings (SSSR count). The van der Waals surface area contributed by atoms with Gasteiger partial charge in [-0.15, -0.1) is 0 Å². The Hall–Kier alpha value is -1.80. The third-order valence-corrected chi connectivity index (χ3v) is 1.49. The van der Waals surface area contributed by atoms with Crippen LogP contribution in [0.1, 0.15) is 0 Å². The van der Waals surface area contributed by atoms with Crippen LogP contribution in [0.3, 0.4) is 0 Å². The number of hydrogen-bond acceptors (Lipinski definition) is 4. The molecule has 9 heteroatoms. The van der Waals surface area contributed by atoms with Crippen molar-refractivity contribution in [3.8, 4) is 0 Å². The fraction of sp³-hybridized carbons (Fsp3) is 0.500. The summed E-state index contributed by atoms with van der Waals surface area (Å²) in [6.45, 7) is -0.664. The molecule has 0 radical (unpaired) electrons. The molecule has 0 aromatic carbocycles. The molecule has 1 aliphatic rings. The Kier molecular flexibility index (Phi) is 2.82. The van der Waals surface area contributed by atoms with E-state index in [0.29, 0.717) is 0 Å². The van der Waals surface area contributed by atoms with E-state index >= 15 is 0 Å². The maximum absolute atomic E-state index is 11.7. The Morgan fingerprint density at radius 3 is 2.47 bits per heavy atom. The van der Waals surface area contributed by atoms with E-state index in [9.17, 15) is 27.6 Å². The maximum atomic E-state index is 11.7. The molecule has 0 spiro atoms. The molecule has 1 saturated heterocycles. The first-order valence-corrected chi connectivity index (χ1v) is 3.68. The normalized spacial score (nSPS) is 20.9. The zero-order valence-electron chi connectivity index (χ0n) is 7.05. The van der Waals surface area contributed by atoms with Crippen LogP contribution >= 0.6 is 0 Å². The number of carbonyl (C=O) groups is 3. The molecule has 2 amide bonds. The zero-order chi connectivity index (χ0) is 11.6. The van der Waals surface area contributed by atoms with Crippen LogP contribution in [0.2, 0.25) is 0 Å². The summed E-state index contributed by atoms with van der Waals surface area (Å²) in [4.78, 5) is 31.4. The molecule has 1 heterocycles. The molecule has 15 heavy (non-hydrogen) atoms.